The monoisotopic (exact) mass is 296 g/mol. The van der Waals surface area contributed by atoms with Gasteiger partial charge in [0.25, 0.3) is 0 Å². The van der Waals surface area contributed by atoms with Crippen LogP contribution in [0.1, 0.15) is 13.8 Å². The van der Waals surface area contributed by atoms with Crippen molar-refractivity contribution in [2.45, 2.75) is 13.8 Å². The lowest BCUT2D eigenvalue weighted by molar-refractivity contribution is 0.335. The van der Waals surface area contributed by atoms with E-state index >= 15 is 0 Å². The van der Waals surface area contributed by atoms with Crippen LogP contribution in [0.3, 0.4) is 0 Å². The van der Waals surface area contributed by atoms with Crippen molar-refractivity contribution in [3.05, 3.63) is 85.3 Å². The van der Waals surface area contributed by atoms with Crippen molar-refractivity contribution in [1.82, 2.24) is 0 Å². The van der Waals surface area contributed by atoms with Crippen molar-refractivity contribution in [1.29, 1.82) is 0 Å². The number of hydrogen-bond donors (Lipinski definition) is 0. The second-order valence-electron chi connectivity index (χ2n) is 4.52. The van der Waals surface area contributed by atoms with Crippen LogP contribution in [0, 0.1) is 0 Å². The van der Waals surface area contributed by atoms with E-state index in [4.69, 9.17) is 8.85 Å². The molecule has 0 saturated carbocycles. The molecule has 0 radical (unpaired) electrons. The molecule has 0 aromatic heterocycles. The number of hydrogen-bond acceptors (Lipinski definition) is 2. The average Bonchev–Trinajstić information content (AvgIpc) is 2.57. The van der Waals surface area contributed by atoms with E-state index in [2.05, 4.69) is 24.3 Å². The second kappa shape index (κ2) is 7.50. The molecule has 2 aromatic rings. The Morgan fingerprint density at radius 2 is 1.05 bits per heavy atom. The van der Waals surface area contributed by atoms with E-state index in [1.54, 1.807) is 12.5 Å². The van der Waals surface area contributed by atoms with Crippen molar-refractivity contribution < 1.29 is 8.85 Å². The summed E-state index contributed by atoms with van der Waals surface area (Å²) in [5, 5.41) is 2.15. The van der Waals surface area contributed by atoms with Gasteiger partial charge in [-0.2, -0.15) is 0 Å². The van der Waals surface area contributed by atoms with Crippen LogP contribution >= 0.6 is 0 Å². The molecule has 0 amide bonds. The fourth-order valence-electron chi connectivity index (χ4n) is 2.11. The Bertz CT molecular complexity index is 536. The summed E-state index contributed by atoms with van der Waals surface area (Å²) in [6.45, 7) is 3.87. The molecular weight excluding hydrogens is 276 g/mol. The van der Waals surface area contributed by atoms with Gasteiger partial charge in [0.05, 0.1) is 12.5 Å². The fourth-order valence-corrected chi connectivity index (χ4v) is 4.96. The summed E-state index contributed by atoms with van der Waals surface area (Å²) in [6, 6.07) is 20.3. The van der Waals surface area contributed by atoms with E-state index in [1.165, 1.54) is 0 Å². The van der Waals surface area contributed by atoms with E-state index in [1.807, 2.05) is 62.4 Å². The Morgan fingerprint density at radius 1 is 0.667 bits per heavy atom. The van der Waals surface area contributed by atoms with E-state index in [9.17, 15) is 0 Å². The minimum absolute atomic E-state index is 1.08. The summed E-state index contributed by atoms with van der Waals surface area (Å²) in [7, 11) is -2.76. The Balaban J connectivity index is 2.58. The molecular formula is C18H20O2Si. The van der Waals surface area contributed by atoms with Gasteiger partial charge in [-0.15, -0.1) is 0 Å². The van der Waals surface area contributed by atoms with Crippen molar-refractivity contribution in [2.75, 3.05) is 0 Å². The normalized spacial score (nSPS) is 11.9. The Kier molecular flexibility index (Phi) is 5.40. The molecule has 0 spiro atoms. The lowest BCUT2D eigenvalue weighted by atomic mass is 10.4. The predicted molar refractivity (Wildman–Crippen MR) is 89.7 cm³/mol. The molecule has 0 heterocycles. The van der Waals surface area contributed by atoms with Gasteiger partial charge in [-0.3, -0.25) is 0 Å². The first-order chi connectivity index (χ1) is 10.3. The van der Waals surface area contributed by atoms with Crippen molar-refractivity contribution >= 4 is 18.9 Å². The van der Waals surface area contributed by atoms with E-state index in [0.717, 1.165) is 10.4 Å². The van der Waals surface area contributed by atoms with Crippen molar-refractivity contribution in [3.8, 4) is 0 Å². The van der Waals surface area contributed by atoms with Crippen LogP contribution in [0.15, 0.2) is 85.3 Å². The fraction of sp³-hybridized carbons (Fsp3) is 0.111. The van der Waals surface area contributed by atoms with Gasteiger partial charge in [0.15, 0.2) is 0 Å². The first-order valence-electron chi connectivity index (χ1n) is 7.02. The average molecular weight is 296 g/mol. The maximum atomic E-state index is 6.14. The highest BCUT2D eigenvalue weighted by molar-refractivity contribution is 6.92. The predicted octanol–water partition coefficient (Wildman–Crippen LogP) is 3.34. The Hall–Kier alpha value is -2.26. The molecule has 2 nitrogen and oxygen atoms in total. The van der Waals surface area contributed by atoms with Crippen molar-refractivity contribution in [3.63, 3.8) is 0 Å². The standard InChI is InChI=1S/C18H20O2Si/c1-3-15-19-21(20-16-4-2,17-11-7-5-8-12-17)18-13-9-6-10-14-18/h3-16H,1-2H3. The molecule has 2 aromatic carbocycles. The number of rotatable bonds is 6. The molecule has 0 aliphatic heterocycles. The van der Waals surface area contributed by atoms with Gasteiger partial charge in [0.2, 0.25) is 0 Å². The summed E-state index contributed by atoms with van der Waals surface area (Å²) >= 11 is 0. The highest BCUT2D eigenvalue weighted by atomic mass is 28.4. The maximum absolute atomic E-state index is 6.14. The van der Waals surface area contributed by atoms with Gasteiger partial charge < -0.3 is 8.85 Å². The smallest absolute Gasteiger partial charge is 0.513 e. The van der Waals surface area contributed by atoms with Gasteiger partial charge in [0.1, 0.15) is 0 Å². The van der Waals surface area contributed by atoms with E-state index in [0.29, 0.717) is 0 Å². The third-order valence-electron chi connectivity index (χ3n) is 3.05. The van der Waals surface area contributed by atoms with Crippen LogP contribution in [0.25, 0.3) is 0 Å². The van der Waals surface area contributed by atoms with Gasteiger partial charge in [-0.1, -0.05) is 72.8 Å². The van der Waals surface area contributed by atoms with Crippen LogP contribution in [-0.4, -0.2) is 8.56 Å². The summed E-state index contributed by atoms with van der Waals surface area (Å²) in [4.78, 5) is 0. The summed E-state index contributed by atoms with van der Waals surface area (Å²) in [5.74, 6) is 0. The van der Waals surface area contributed by atoms with Crippen LogP contribution in [0.4, 0.5) is 0 Å². The summed E-state index contributed by atoms with van der Waals surface area (Å²) in [5.41, 5.74) is 0. The van der Waals surface area contributed by atoms with Crippen molar-refractivity contribution in [2.24, 2.45) is 0 Å². The van der Waals surface area contributed by atoms with Crippen LogP contribution in [-0.2, 0) is 8.85 Å². The molecule has 0 bridgehead atoms. The van der Waals surface area contributed by atoms with Gasteiger partial charge in [0, 0.05) is 10.4 Å². The van der Waals surface area contributed by atoms with Gasteiger partial charge in [-0.25, -0.2) is 0 Å². The van der Waals surface area contributed by atoms with Crippen LogP contribution in [0.2, 0.25) is 0 Å². The molecule has 0 aliphatic rings. The topological polar surface area (TPSA) is 18.5 Å². The zero-order chi connectivity index (χ0) is 15.0. The van der Waals surface area contributed by atoms with Gasteiger partial charge in [-0.05, 0) is 13.8 Å². The molecule has 3 heteroatoms. The third-order valence-corrected chi connectivity index (χ3v) is 6.17. The van der Waals surface area contributed by atoms with Gasteiger partial charge >= 0.3 is 8.56 Å². The molecule has 0 saturated heterocycles. The van der Waals surface area contributed by atoms with Crippen LogP contribution < -0.4 is 10.4 Å². The quantitative estimate of drug-likeness (QED) is 0.601. The molecule has 2 rings (SSSR count). The van der Waals surface area contributed by atoms with E-state index < -0.39 is 8.56 Å². The first kappa shape index (κ1) is 15.1. The lowest BCUT2D eigenvalue weighted by Gasteiger charge is -2.29. The summed E-state index contributed by atoms with van der Waals surface area (Å²) in [6.07, 6.45) is 7.20. The summed E-state index contributed by atoms with van der Waals surface area (Å²) < 4.78 is 12.3. The largest absolute Gasteiger partial charge is 0.530 e. The number of allylic oxidation sites excluding steroid dienone is 2. The zero-order valence-electron chi connectivity index (χ0n) is 12.4. The Morgan fingerprint density at radius 3 is 1.38 bits per heavy atom. The SMILES string of the molecule is CC=CO[Si](OC=CC)(c1ccccc1)c1ccccc1. The van der Waals surface area contributed by atoms with Crippen LogP contribution in [0.5, 0.6) is 0 Å². The maximum Gasteiger partial charge on any atom is 0.530 e. The minimum Gasteiger partial charge on any atom is -0.513 e. The minimum atomic E-state index is -2.76. The highest BCUT2D eigenvalue weighted by Crippen LogP contribution is 2.11. The first-order valence-corrected chi connectivity index (χ1v) is 8.84. The third kappa shape index (κ3) is 3.44. The molecule has 0 unspecified atom stereocenters. The van der Waals surface area contributed by atoms with E-state index in [-0.39, 0.29) is 0 Å². The Labute approximate surface area is 127 Å². The second-order valence-corrected chi connectivity index (χ2v) is 7.38. The molecule has 0 N–H and O–H groups in total. The number of benzene rings is 2. The highest BCUT2D eigenvalue weighted by Gasteiger charge is 2.45. The molecule has 0 atom stereocenters. The zero-order valence-corrected chi connectivity index (χ0v) is 13.4. The molecule has 21 heavy (non-hydrogen) atoms. The molecule has 0 aliphatic carbocycles. The molecule has 108 valence electrons. The molecule has 0 fully saturated rings. The lowest BCUT2D eigenvalue weighted by Crippen LogP contribution is -2.61.